The normalized spacial score (nSPS) is 13.5. The molecule has 1 aliphatic carbocycles. The Hall–Kier alpha value is -2.79. The Bertz CT molecular complexity index is 959. The van der Waals surface area contributed by atoms with Crippen molar-refractivity contribution in [1.82, 2.24) is 15.3 Å². The van der Waals surface area contributed by atoms with Gasteiger partial charge in [0.1, 0.15) is 0 Å². The van der Waals surface area contributed by atoms with Crippen LogP contribution >= 0.6 is 12.2 Å². The first-order valence-electron chi connectivity index (χ1n) is 7.99. The number of sulfonamides is 1. The molecule has 0 atom stereocenters. The number of hydrogen-bond donors (Lipinski definition) is 3. The predicted molar refractivity (Wildman–Crippen MR) is 103 cm³/mol. The van der Waals surface area contributed by atoms with Crippen LogP contribution in [0, 0.1) is 5.92 Å². The van der Waals surface area contributed by atoms with Gasteiger partial charge >= 0.3 is 0 Å². The fraction of sp³-hybridized carbons (Fsp3) is 0.250. The lowest BCUT2D eigenvalue weighted by Gasteiger charge is -2.11. The largest absolute Gasteiger partial charge is 0.478 e. The van der Waals surface area contributed by atoms with Crippen molar-refractivity contribution in [2.24, 2.45) is 5.92 Å². The maximum absolute atomic E-state index is 12.5. The number of nitrogens with zero attached hydrogens (tertiary/aromatic N) is 2. The van der Waals surface area contributed by atoms with Crippen molar-refractivity contribution < 1.29 is 17.9 Å². The molecule has 27 heavy (non-hydrogen) atoms. The Morgan fingerprint density at radius 2 is 1.85 bits per heavy atom. The average Bonchev–Trinajstić information content (AvgIpc) is 3.47. The summed E-state index contributed by atoms with van der Waals surface area (Å²) in [5.41, 5.74) is 0.548. The number of ether oxygens (including phenoxy) is 1. The number of carbonyl (C=O) groups excluding carboxylic acids is 1. The molecule has 1 saturated carbocycles. The lowest BCUT2D eigenvalue weighted by atomic mass is 10.3. The molecule has 0 radical (unpaired) electrons. The van der Waals surface area contributed by atoms with Crippen LogP contribution in [0.1, 0.15) is 12.8 Å². The van der Waals surface area contributed by atoms with Crippen LogP contribution in [0.3, 0.4) is 0 Å². The van der Waals surface area contributed by atoms with Gasteiger partial charge in [-0.3, -0.25) is 9.52 Å². The van der Waals surface area contributed by atoms with Crippen molar-refractivity contribution in [1.29, 1.82) is 0 Å². The molecule has 3 N–H and O–H groups in total. The lowest BCUT2D eigenvalue weighted by Crippen LogP contribution is -2.35. The minimum atomic E-state index is -3.88. The van der Waals surface area contributed by atoms with Crippen LogP contribution in [0.25, 0.3) is 0 Å². The van der Waals surface area contributed by atoms with Crippen LogP contribution in [0.4, 0.5) is 11.5 Å². The number of benzene rings is 1. The van der Waals surface area contributed by atoms with E-state index in [1.54, 1.807) is 0 Å². The van der Waals surface area contributed by atoms with Gasteiger partial charge in [-0.2, -0.15) is 0 Å². The fourth-order valence-electron chi connectivity index (χ4n) is 2.17. The van der Waals surface area contributed by atoms with Crippen LogP contribution in [0.2, 0.25) is 0 Å². The lowest BCUT2D eigenvalue weighted by molar-refractivity contribution is -0.120. The molecule has 0 aliphatic heterocycles. The second kappa shape index (κ2) is 7.84. The average molecular weight is 407 g/mol. The highest BCUT2D eigenvalue weighted by Gasteiger charge is 2.30. The van der Waals surface area contributed by atoms with Crippen LogP contribution in [0.5, 0.6) is 5.88 Å². The molecule has 0 saturated heterocycles. The molecule has 1 aliphatic rings. The minimum Gasteiger partial charge on any atom is -0.478 e. The summed E-state index contributed by atoms with van der Waals surface area (Å²) in [7, 11) is -2.51. The first kappa shape index (κ1) is 19.0. The summed E-state index contributed by atoms with van der Waals surface area (Å²) in [6.45, 7) is 0. The van der Waals surface area contributed by atoms with E-state index in [2.05, 4.69) is 25.3 Å². The predicted octanol–water partition coefficient (Wildman–Crippen LogP) is 1.51. The SMILES string of the molecule is COc1nccnc1NS(=O)(=O)c1ccc(NC(=S)NC(=O)C2CC2)cc1. The summed E-state index contributed by atoms with van der Waals surface area (Å²) in [6.07, 6.45) is 4.50. The Balaban J connectivity index is 1.66. The van der Waals surface area contributed by atoms with E-state index in [0.29, 0.717) is 5.69 Å². The van der Waals surface area contributed by atoms with Crippen molar-refractivity contribution in [3.05, 3.63) is 36.7 Å². The number of aromatic nitrogens is 2. The molecule has 0 spiro atoms. The van der Waals surface area contributed by atoms with Crippen molar-refractivity contribution in [3.63, 3.8) is 0 Å². The Morgan fingerprint density at radius 3 is 2.48 bits per heavy atom. The number of methoxy groups -OCH3 is 1. The molecular formula is C16H17N5O4S2. The van der Waals surface area contributed by atoms with Crippen molar-refractivity contribution >= 4 is 44.8 Å². The van der Waals surface area contributed by atoms with Gasteiger partial charge in [-0.25, -0.2) is 18.4 Å². The maximum Gasteiger partial charge on any atom is 0.263 e. The van der Waals surface area contributed by atoms with Crippen LogP contribution in [-0.4, -0.2) is 36.5 Å². The van der Waals surface area contributed by atoms with E-state index in [0.717, 1.165) is 12.8 Å². The van der Waals surface area contributed by atoms with Gasteiger partial charge < -0.3 is 15.4 Å². The van der Waals surface area contributed by atoms with Gasteiger partial charge in [-0.05, 0) is 49.3 Å². The van der Waals surface area contributed by atoms with E-state index in [4.69, 9.17) is 17.0 Å². The third-order valence-corrected chi connectivity index (χ3v) is 5.26. The van der Waals surface area contributed by atoms with Gasteiger partial charge in [0.25, 0.3) is 15.9 Å². The highest BCUT2D eigenvalue weighted by atomic mass is 32.2. The van der Waals surface area contributed by atoms with Crippen LogP contribution in [-0.2, 0) is 14.8 Å². The molecule has 1 aromatic heterocycles. The quantitative estimate of drug-likeness (QED) is 0.616. The zero-order valence-electron chi connectivity index (χ0n) is 14.3. The molecule has 0 unspecified atom stereocenters. The second-order valence-electron chi connectivity index (χ2n) is 5.76. The number of carbonyl (C=O) groups is 1. The number of thiocarbonyl (C=S) groups is 1. The number of nitrogens with one attached hydrogen (secondary N) is 3. The molecule has 1 amide bonds. The first-order chi connectivity index (χ1) is 12.9. The van der Waals surface area contributed by atoms with Gasteiger partial charge in [0.15, 0.2) is 5.11 Å². The number of hydrogen-bond acceptors (Lipinski definition) is 7. The topological polar surface area (TPSA) is 122 Å². The molecular weight excluding hydrogens is 390 g/mol. The summed E-state index contributed by atoms with van der Waals surface area (Å²) in [5, 5.41) is 5.62. The zero-order chi connectivity index (χ0) is 19.4. The molecule has 2 aromatic rings. The van der Waals surface area contributed by atoms with E-state index in [1.807, 2.05) is 0 Å². The van der Waals surface area contributed by atoms with E-state index in [-0.39, 0.29) is 33.5 Å². The highest BCUT2D eigenvalue weighted by molar-refractivity contribution is 7.92. The molecule has 1 heterocycles. The van der Waals surface area contributed by atoms with Crippen LogP contribution < -0.4 is 20.1 Å². The van der Waals surface area contributed by atoms with Crippen LogP contribution in [0.15, 0.2) is 41.6 Å². The Labute approximate surface area is 161 Å². The smallest absolute Gasteiger partial charge is 0.263 e. The highest BCUT2D eigenvalue weighted by Crippen LogP contribution is 2.28. The van der Waals surface area contributed by atoms with Gasteiger partial charge in [0.05, 0.1) is 12.0 Å². The summed E-state index contributed by atoms with van der Waals surface area (Å²) < 4.78 is 32.3. The molecule has 9 nitrogen and oxygen atoms in total. The van der Waals surface area contributed by atoms with E-state index in [9.17, 15) is 13.2 Å². The second-order valence-corrected chi connectivity index (χ2v) is 7.85. The van der Waals surface area contributed by atoms with Crippen molar-refractivity contribution in [2.75, 3.05) is 17.1 Å². The third-order valence-electron chi connectivity index (χ3n) is 3.70. The van der Waals surface area contributed by atoms with Gasteiger partial charge in [0.2, 0.25) is 11.7 Å². The van der Waals surface area contributed by atoms with Gasteiger partial charge in [0, 0.05) is 24.0 Å². The van der Waals surface area contributed by atoms with Crippen molar-refractivity contribution in [3.8, 4) is 5.88 Å². The zero-order valence-corrected chi connectivity index (χ0v) is 15.9. The number of amides is 1. The minimum absolute atomic E-state index is 0.00818. The summed E-state index contributed by atoms with van der Waals surface area (Å²) in [6, 6.07) is 5.88. The maximum atomic E-state index is 12.5. The molecule has 1 aromatic carbocycles. The summed E-state index contributed by atoms with van der Waals surface area (Å²) in [4.78, 5) is 19.5. The third kappa shape index (κ3) is 4.89. The van der Waals surface area contributed by atoms with E-state index < -0.39 is 10.0 Å². The Morgan fingerprint density at radius 1 is 1.19 bits per heavy atom. The van der Waals surface area contributed by atoms with Crippen molar-refractivity contribution in [2.45, 2.75) is 17.7 Å². The van der Waals surface area contributed by atoms with Gasteiger partial charge in [-0.15, -0.1) is 0 Å². The number of anilines is 2. The summed E-state index contributed by atoms with van der Waals surface area (Å²) in [5.74, 6) is -0.00230. The molecule has 11 heteroatoms. The molecule has 142 valence electrons. The van der Waals surface area contributed by atoms with E-state index in [1.165, 1.54) is 43.8 Å². The van der Waals surface area contributed by atoms with Gasteiger partial charge in [-0.1, -0.05) is 0 Å². The fourth-order valence-corrected chi connectivity index (χ4v) is 3.40. The molecule has 1 fully saturated rings. The first-order valence-corrected chi connectivity index (χ1v) is 9.88. The monoisotopic (exact) mass is 407 g/mol. The standard InChI is InChI=1S/C16H17N5O4S2/c1-25-15-13(17-8-9-18-15)21-27(23,24)12-6-4-11(5-7-12)19-16(26)20-14(22)10-2-3-10/h4-10H,2-3H2,1H3,(H,17,21)(H2,19,20,22,26). The number of rotatable bonds is 6. The van der Waals surface area contributed by atoms with E-state index >= 15 is 0 Å². The summed E-state index contributed by atoms with van der Waals surface area (Å²) >= 11 is 5.08. The Kier molecular flexibility index (Phi) is 5.51. The molecule has 3 rings (SSSR count). The molecule has 0 bridgehead atoms.